The molecule has 1 atom stereocenters. The molecule has 120 valence electrons. The van der Waals surface area contributed by atoms with Gasteiger partial charge in [0.05, 0.1) is 17.0 Å². The molecule has 0 aliphatic carbocycles. The second-order valence-electron chi connectivity index (χ2n) is 5.84. The van der Waals surface area contributed by atoms with Gasteiger partial charge in [0.1, 0.15) is 0 Å². The zero-order valence-electron chi connectivity index (χ0n) is 12.9. The van der Waals surface area contributed by atoms with Gasteiger partial charge in [-0.05, 0) is 24.3 Å². The summed E-state index contributed by atoms with van der Waals surface area (Å²) in [5.74, 6) is -0.213. The average Bonchev–Trinajstić information content (AvgIpc) is 2.93. The van der Waals surface area contributed by atoms with Crippen LogP contribution in [0.5, 0.6) is 0 Å². The van der Waals surface area contributed by atoms with E-state index in [-0.39, 0.29) is 18.2 Å². The van der Waals surface area contributed by atoms with Crippen LogP contribution >= 0.6 is 0 Å². The molecule has 1 aliphatic heterocycles. The molecule has 24 heavy (non-hydrogen) atoms. The van der Waals surface area contributed by atoms with Gasteiger partial charge < -0.3 is 9.88 Å². The van der Waals surface area contributed by atoms with Crippen molar-refractivity contribution in [3.63, 3.8) is 0 Å². The number of carbonyl (C=O) groups is 2. The predicted octanol–water partition coefficient (Wildman–Crippen LogP) is 2.63. The fraction of sp³-hybridized carbons (Fsp3) is 0.167. The lowest BCUT2D eigenvalue weighted by molar-refractivity contribution is -0.125. The quantitative estimate of drug-likeness (QED) is 0.779. The third-order valence-electron chi connectivity index (χ3n) is 4.15. The molecule has 0 radical (unpaired) electrons. The number of hydrogen-bond donors (Lipinski definition) is 2. The normalized spacial score (nSPS) is 16.5. The third-order valence-corrected chi connectivity index (χ3v) is 4.15. The Balaban J connectivity index is 1.52. The molecule has 2 aromatic carbocycles. The lowest BCUT2D eigenvalue weighted by atomic mass is 10.0. The highest BCUT2D eigenvalue weighted by atomic mass is 16.2. The van der Waals surface area contributed by atoms with E-state index in [1.807, 2.05) is 59.2 Å². The molecule has 1 aliphatic rings. The predicted molar refractivity (Wildman–Crippen MR) is 91.5 cm³/mol. The number of anilines is 2. The molecule has 0 saturated carbocycles. The van der Waals surface area contributed by atoms with Gasteiger partial charge in [0.15, 0.2) is 0 Å². The highest BCUT2D eigenvalue weighted by Gasteiger charge is 2.30. The van der Waals surface area contributed by atoms with Crippen LogP contribution < -0.4 is 10.6 Å². The molecule has 3 aromatic rings. The molecule has 0 spiro atoms. The number of fused-ring (bicyclic) bond motifs is 3. The number of amides is 2. The smallest absolute Gasteiger partial charge is 0.232 e. The number of hydrogen-bond acceptors (Lipinski definition) is 3. The number of rotatable bonds is 3. The van der Waals surface area contributed by atoms with Gasteiger partial charge in [0.25, 0.3) is 0 Å². The van der Waals surface area contributed by atoms with E-state index in [0.717, 1.165) is 16.7 Å². The Hall–Kier alpha value is -3.15. The summed E-state index contributed by atoms with van der Waals surface area (Å²) in [4.78, 5) is 28.9. The minimum Gasteiger partial charge on any atom is -0.326 e. The third kappa shape index (κ3) is 2.62. The first-order valence-corrected chi connectivity index (χ1v) is 7.82. The van der Waals surface area contributed by atoms with Crippen molar-refractivity contribution < 1.29 is 9.59 Å². The molecule has 1 aromatic heterocycles. The zero-order valence-corrected chi connectivity index (χ0v) is 12.9. The summed E-state index contributed by atoms with van der Waals surface area (Å²) in [5.41, 5.74) is 2.52. The van der Waals surface area contributed by atoms with Crippen LogP contribution in [0.3, 0.4) is 0 Å². The fourth-order valence-corrected chi connectivity index (χ4v) is 2.99. The van der Waals surface area contributed by atoms with Crippen molar-refractivity contribution in [2.75, 3.05) is 10.6 Å². The number of imidazole rings is 1. The minimum absolute atomic E-state index is 0.132. The van der Waals surface area contributed by atoms with Gasteiger partial charge in [0, 0.05) is 18.7 Å². The molecule has 4 rings (SSSR count). The van der Waals surface area contributed by atoms with Crippen LogP contribution in [0.1, 0.15) is 6.42 Å². The first-order valence-electron chi connectivity index (χ1n) is 7.82. The maximum absolute atomic E-state index is 12.3. The zero-order chi connectivity index (χ0) is 16.5. The molecular weight excluding hydrogens is 304 g/mol. The van der Waals surface area contributed by atoms with Crippen molar-refractivity contribution in [3.8, 4) is 0 Å². The maximum Gasteiger partial charge on any atom is 0.232 e. The molecule has 0 bridgehead atoms. The summed E-state index contributed by atoms with van der Waals surface area (Å²) in [6, 6.07) is 16.9. The lowest BCUT2D eigenvalue weighted by Crippen LogP contribution is -2.35. The Kier molecular flexibility index (Phi) is 3.49. The summed E-state index contributed by atoms with van der Waals surface area (Å²) in [5, 5.41) is 5.62. The summed E-state index contributed by atoms with van der Waals surface area (Å²) >= 11 is 0. The highest BCUT2D eigenvalue weighted by Crippen LogP contribution is 2.26. The van der Waals surface area contributed by atoms with Gasteiger partial charge in [-0.15, -0.1) is 0 Å². The Labute approximate surface area is 138 Å². The molecule has 2 heterocycles. The minimum atomic E-state index is -0.418. The molecular formula is C18H16N4O2. The number of nitrogens with one attached hydrogen (secondary N) is 2. The van der Waals surface area contributed by atoms with Crippen molar-refractivity contribution in [1.82, 2.24) is 9.55 Å². The molecule has 1 unspecified atom stereocenters. The molecule has 6 heteroatoms. The molecule has 0 fully saturated rings. The Morgan fingerprint density at radius 2 is 1.92 bits per heavy atom. The van der Waals surface area contributed by atoms with Crippen LogP contribution in [0.25, 0.3) is 11.0 Å². The highest BCUT2D eigenvalue weighted by molar-refractivity contribution is 5.99. The van der Waals surface area contributed by atoms with E-state index < -0.39 is 5.92 Å². The second kappa shape index (κ2) is 5.81. The van der Waals surface area contributed by atoms with Gasteiger partial charge in [-0.3, -0.25) is 14.9 Å². The van der Waals surface area contributed by atoms with Crippen molar-refractivity contribution in [1.29, 1.82) is 0 Å². The average molecular weight is 320 g/mol. The van der Waals surface area contributed by atoms with Crippen LogP contribution in [0.4, 0.5) is 11.6 Å². The lowest BCUT2D eigenvalue weighted by Gasteiger charge is -2.23. The van der Waals surface area contributed by atoms with Crippen LogP contribution in [0.2, 0.25) is 0 Å². The van der Waals surface area contributed by atoms with E-state index >= 15 is 0 Å². The fourth-order valence-electron chi connectivity index (χ4n) is 2.99. The van der Waals surface area contributed by atoms with Crippen LogP contribution in [-0.4, -0.2) is 21.4 Å². The topological polar surface area (TPSA) is 76.0 Å². The summed E-state index contributed by atoms with van der Waals surface area (Å²) in [6.07, 6.45) is 0.132. The van der Waals surface area contributed by atoms with Gasteiger partial charge in [-0.1, -0.05) is 30.3 Å². The number of para-hydroxylation sites is 3. The van der Waals surface area contributed by atoms with E-state index in [9.17, 15) is 9.59 Å². The van der Waals surface area contributed by atoms with E-state index in [1.165, 1.54) is 0 Å². The second-order valence-corrected chi connectivity index (χ2v) is 5.84. The van der Waals surface area contributed by atoms with Crippen molar-refractivity contribution in [3.05, 3.63) is 54.6 Å². The van der Waals surface area contributed by atoms with Crippen LogP contribution in [0.15, 0.2) is 54.6 Å². The van der Waals surface area contributed by atoms with E-state index in [0.29, 0.717) is 12.5 Å². The SMILES string of the molecule is O=C(CC1Cn2c(nc3ccccc32)NC1=O)Nc1ccccc1. The van der Waals surface area contributed by atoms with E-state index in [1.54, 1.807) is 0 Å². The van der Waals surface area contributed by atoms with Crippen molar-refractivity contribution in [2.45, 2.75) is 13.0 Å². The molecule has 0 saturated heterocycles. The Morgan fingerprint density at radius 1 is 1.17 bits per heavy atom. The first-order chi connectivity index (χ1) is 11.7. The van der Waals surface area contributed by atoms with Gasteiger partial charge >= 0.3 is 0 Å². The monoisotopic (exact) mass is 320 g/mol. The molecule has 6 nitrogen and oxygen atoms in total. The number of carbonyl (C=O) groups excluding carboxylic acids is 2. The first kappa shape index (κ1) is 14.4. The summed E-state index contributed by atoms with van der Waals surface area (Å²) in [6.45, 7) is 0.448. The number of benzene rings is 2. The van der Waals surface area contributed by atoms with Crippen molar-refractivity contribution in [2.24, 2.45) is 5.92 Å². The van der Waals surface area contributed by atoms with Crippen molar-refractivity contribution >= 4 is 34.5 Å². The summed E-state index contributed by atoms with van der Waals surface area (Å²) < 4.78 is 1.96. The Bertz CT molecular complexity index is 917. The number of nitrogens with zero attached hydrogens (tertiary/aromatic N) is 2. The van der Waals surface area contributed by atoms with Gasteiger partial charge in [-0.2, -0.15) is 0 Å². The molecule has 2 amide bonds. The largest absolute Gasteiger partial charge is 0.326 e. The number of aromatic nitrogens is 2. The molecule has 2 N–H and O–H groups in total. The maximum atomic E-state index is 12.3. The van der Waals surface area contributed by atoms with Gasteiger partial charge in [0.2, 0.25) is 17.8 Å². The van der Waals surface area contributed by atoms with Gasteiger partial charge in [-0.25, -0.2) is 4.98 Å². The van der Waals surface area contributed by atoms with E-state index in [2.05, 4.69) is 15.6 Å². The summed E-state index contributed by atoms with van der Waals surface area (Å²) in [7, 11) is 0. The van der Waals surface area contributed by atoms with E-state index in [4.69, 9.17) is 0 Å². The Morgan fingerprint density at radius 3 is 2.75 bits per heavy atom. The van der Waals surface area contributed by atoms with Crippen LogP contribution in [-0.2, 0) is 16.1 Å². The standard InChI is InChI=1S/C18H16N4O2/c23-16(19-13-6-2-1-3-7-13)10-12-11-22-15-9-5-4-8-14(15)20-18(22)21-17(12)24/h1-9,12H,10-11H2,(H,19,23)(H,20,21,24). The van der Waals surface area contributed by atoms with Crippen LogP contribution in [0, 0.1) is 5.92 Å².